The Morgan fingerprint density at radius 2 is 1.91 bits per heavy atom. The summed E-state index contributed by atoms with van der Waals surface area (Å²) in [6, 6.07) is 5.57. The zero-order chi connectivity index (χ0) is 23.6. The van der Waals surface area contributed by atoms with E-state index >= 15 is 0 Å². The Labute approximate surface area is 208 Å². The number of halogens is 1. The molecule has 0 spiro atoms. The Hall–Kier alpha value is -1.49. The van der Waals surface area contributed by atoms with Crippen molar-refractivity contribution < 1.29 is 17.9 Å². The van der Waals surface area contributed by atoms with Crippen LogP contribution < -0.4 is 5.32 Å². The number of nitrogens with one attached hydrogen (secondary N) is 1. The molecule has 1 saturated heterocycles. The van der Waals surface area contributed by atoms with Gasteiger partial charge < -0.3 is 10.1 Å². The maximum Gasteiger partial charge on any atom is 0.407 e. The fourth-order valence-electron chi connectivity index (χ4n) is 4.48. The molecular weight excluding hydrogens is 526 g/mol. The van der Waals surface area contributed by atoms with Crippen molar-refractivity contribution in [1.29, 1.82) is 0 Å². The number of alkyl carbamates (subject to hydrolysis) is 1. The molecule has 1 aliphatic heterocycles. The molecule has 1 aromatic carbocycles. The highest BCUT2D eigenvalue weighted by atomic mass is 79.9. The van der Waals surface area contributed by atoms with Crippen molar-refractivity contribution in [3.8, 4) is 10.4 Å². The molecule has 1 aromatic heterocycles. The average Bonchev–Trinajstić information content (AvgIpc) is 3.46. The smallest absolute Gasteiger partial charge is 0.407 e. The van der Waals surface area contributed by atoms with Crippen LogP contribution in [0.25, 0.3) is 10.4 Å². The van der Waals surface area contributed by atoms with Gasteiger partial charge >= 0.3 is 6.09 Å². The number of ether oxygens (including phenoxy) is 1. The van der Waals surface area contributed by atoms with Gasteiger partial charge in [-0.1, -0.05) is 22.0 Å². The summed E-state index contributed by atoms with van der Waals surface area (Å²) in [5.41, 5.74) is 0.709. The minimum Gasteiger partial charge on any atom is -0.447 e. The summed E-state index contributed by atoms with van der Waals surface area (Å²) in [4.78, 5) is 17.7. The van der Waals surface area contributed by atoms with Crippen LogP contribution in [0.15, 0.2) is 33.8 Å². The second kappa shape index (κ2) is 10.4. The van der Waals surface area contributed by atoms with E-state index in [1.54, 1.807) is 27.9 Å². The maximum atomic E-state index is 13.3. The molecule has 2 fully saturated rings. The van der Waals surface area contributed by atoms with Crippen LogP contribution in [0.1, 0.15) is 63.3 Å². The normalized spacial score (nSPS) is 21.9. The van der Waals surface area contributed by atoms with Crippen LogP contribution in [0.3, 0.4) is 0 Å². The second-order valence-electron chi connectivity index (χ2n) is 8.96. The lowest BCUT2D eigenvalue weighted by Gasteiger charge is -2.28. The third kappa shape index (κ3) is 5.78. The third-order valence-corrected chi connectivity index (χ3v) is 9.78. The van der Waals surface area contributed by atoms with Gasteiger partial charge in [-0.15, -0.1) is 11.3 Å². The van der Waals surface area contributed by atoms with Gasteiger partial charge in [0.1, 0.15) is 0 Å². The van der Waals surface area contributed by atoms with Crippen molar-refractivity contribution in [2.75, 3.05) is 13.1 Å². The maximum absolute atomic E-state index is 13.3. The lowest BCUT2D eigenvalue weighted by atomic mass is 9.86. The van der Waals surface area contributed by atoms with E-state index in [1.807, 2.05) is 26.0 Å². The number of rotatable bonds is 6. The van der Waals surface area contributed by atoms with Gasteiger partial charge in [0.05, 0.1) is 20.9 Å². The molecule has 0 bridgehead atoms. The first-order valence-electron chi connectivity index (χ1n) is 11.5. The number of hydrogen-bond donors (Lipinski definition) is 1. The van der Waals surface area contributed by atoms with Gasteiger partial charge in [0.25, 0.3) is 0 Å². The topological polar surface area (TPSA) is 88.6 Å². The summed E-state index contributed by atoms with van der Waals surface area (Å²) >= 11 is 5.01. The highest BCUT2D eigenvalue weighted by Crippen LogP contribution is 2.40. The molecular formula is C23H30BrN3O4S2. The Bertz CT molecular complexity index is 1090. The number of amides is 1. The molecule has 2 heterocycles. The minimum atomic E-state index is -3.55. The van der Waals surface area contributed by atoms with Crippen molar-refractivity contribution in [2.24, 2.45) is 0 Å². The molecule has 1 saturated carbocycles. The molecule has 1 N–H and O–H groups in total. The van der Waals surface area contributed by atoms with Gasteiger partial charge in [0.15, 0.2) is 0 Å². The Balaban J connectivity index is 1.48. The van der Waals surface area contributed by atoms with Gasteiger partial charge in [-0.2, -0.15) is 4.31 Å². The largest absolute Gasteiger partial charge is 0.447 e. The van der Waals surface area contributed by atoms with Crippen molar-refractivity contribution in [1.82, 2.24) is 14.6 Å². The summed E-state index contributed by atoms with van der Waals surface area (Å²) in [5.74, 6) is 0.317. The molecule has 10 heteroatoms. The van der Waals surface area contributed by atoms with Gasteiger partial charge in [0, 0.05) is 41.3 Å². The predicted octanol–water partition coefficient (Wildman–Crippen LogP) is 5.52. The Morgan fingerprint density at radius 3 is 2.58 bits per heavy atom. The van der Waals surface area contributed by atoms with Gasteiger partial charge in [-0.25, -0.2) is 18.2 Å². The highest BCUT2D eigenvalue weighted by Gasteiger charge is 2.31. The number of benzene rings is 1. The molecule has 0 atom stereocenters. The van der Waals surface area contributed by atoms with Crippen LogP contribution in [-0.2, 0) is 14.8 Å². The average molecular weight is 557 g/mol. The number of nitrogens with zero attached hydrogens (tertiary/aromatic N) is 2. The fourth-order valence-corrected chi connectivity index (χ4v) is 7.93. The summed E-state index contributed by atoms with van der Waals surface area (Å²) in [5, 5.41) is 3.98. The van der Waals surface area contributed by atoms with Crippen LogP contribution >= 0.6 is 27.3 Å². The molecule has 33 heavy (non-hydrogen) atoms. The highest BCUT2D eigenvalue weighted by molar-refractivity contribution is 9.10. The zero-order valence-corrected chi connectivity index (χ0v) is 22.1. The zero-order valence-electron chi connectivity index (χ0n) is 18.9. The minimum absolute atomic E-state index is 0.121. The predicted molar refractivity (Wildman–Crippen MR) is 133 cm³/mol. The van der Waals surface area contributed by atoms with Crippen molar-refractivity contribution in [2.45, 2.75) is 75.3 Å². The number of aromatic nitrogens is 1. The van der Waals surface area contributed by atoms with Crippen molar-refractivity contribution in [3.63, 3.8) is 0 Å². The van der Waals surface area contributed by atoms with E-state index in [9.17, 15) is 13.2 Å². The van der Waals surface area contributed by atoms with E-state index in [4.69, 9.17) is 4.74 Å². The molecule has 4 rings (SSSR count). The molecule has 1 aliphatic carbocycles. The first-order chi connectivity index (χ1) is 15.7. The molecule has 2 aromatic rings. The van der Waals surface area contributed by atoms with E-state index in [-0.39, 0.29) is 18.2 Å². The molecule has 0 unspecified atom stereocenters. The number of thiazole rings is 1. The van der Waals surface area contributed by atoms with Gasteiger partial charge in [-0.05, 0) is 64.5 Å². The van der Waals surface area contributed by atoms with E-state index in [0.717, 1.165) is 52.9 Å². The van der Waals surface area contributed by atoms with E-state index < -0.39 is 10.0 Å². The van der Waals surface area contributed by atoms with E-state index in [2.05, 4.69) is 26.2 Å². The monoisotopic (exact) mass is 555 g/mol. The van der Waals surface area contributed by atoms with Crippen LogP contribution in [0.2, 0.25) is 0 Å². The van der Waals surface area contributed by atoms with Gasteiger partial charge in [-0.3, -0.25) is 0 Å². The molecule has 180 valence electrons. The first-order valence-corrected chi connectivity index (χ1v) is 14.5. The molecule has 1 amide bonds. The van der Waals surface area contributed by atoms with Crippen LogP contribution in [-0.4, -0.2) is 49.0 Å². The number of hydrogen-bond acceptors (Lipinski definition) is 6. The molecule has 7 nitrogen and oxygen atoms in total. The number of carbonyl (C=O) groups is 1. The van der Waals surface area contributed by atoms with Crippen LogP contribution in [0.5, 0.6) is 0 Å². The second-order valence-corrected chi connectivity index (χ2v) is 12.8. The summed E-state index contributed by atoms with van der Waals surface area (Å²) in [6.45, 7) is 4.82. The van der Waals surface area contributed by atoms with Crippen molar-refractivity contribution >= 4 is 43.4 Å². The number of sulfonamides is 1. The Morgan fingerprint density at radius 1 is 1.21 bits per heavy atom. The SMILES string of the molecule is CC(C)OC(=O)NC1CCC(c2ncc(-c3ccc(Br)cc3S(=O)(=O)N3CCCC3)s2)CC1. The lowest BCUT2D eigenvalue weighted by molar-refractivity contribution is 0.109. The van der Waals surface area contributed by atoms with Crippen LogP contribution in [0, 0.1) is 0 Å². The van der Waals surface area contributed by atoms with Crippen LogP contribution in [0.4, 0.5) is 4.79 Å². The standard InChI is InChI=1S/C23H30BrN3O4S2/c1-15(2)31-23(28)26-18-8-5-16(6-9-18)22-25-14-20(32-22)19-10-7-17(24)13-21(19)33(29,30)27-11-3-4-12-27/h7,10,13-16,18H,3-6,8-9,11-12H2,1-2H3,(H,26,28). The first kappa shape index (κ1) is 24.6. The quantitative estimate of drug-likeness (QED) is 0.507. The summed E-state index contributed by atoms with van der Waals surface area (Å²) in [7, 11) is -3.55. The summed E-state index contributed by atoms with van der Waals surface area (Å²) in [6.07, 6.45) is 6.73. The van der Waals surface area contributed by atoms with Gasteiger partial charge in [0.2, 0.25) is 10.0 Å². The third-order valence-electron chi connectivity index (χ3n) is 6.16. The van der Waals surface area contributed by atoms with E-state index in [1.165, 1.54) is 0 Å². The lowest BCUT2D eigenvalue weighted by Crippen LogP contribution is -2.38. The Kier molecular flexibility index (Phi) is 7.77. The number of carbonyl (C=O) groups excluding carboxylic acids is 1. The van der Waals surface area contributed by atoms with Crippen molar-refractivity contribution in [3.05, 3.63) is 33.9 Å². The molecule has 0 radical (unpaired) electrons. The fraction of sp³-hybridized carbons (Fsp3) is 0.565. The van der Waals surface area contributed by atoms with E-state index in [0.29, 0.717) is 29.5 Å². The molecule has 2 aliphatic rings. The summed E-state index contributed by atoms with van der Waals surface area (Å²) < 4.78 is 34.2.